The first-order chi connectivity index (χ1) is 10.3. The lowest BCUT2D eigenvalue weighted by Crippen LogP contribution is -2.49. The highest BCUT2D eigenvalue weighted by molar-refractivity contribution is 5.74. The molecule has 2 aliphatic rings. The van der Waals surface area contributed by atoms with Gasteiger partial charge < -0.3 is 15.4 Å². The van der Waals surface area contributed by atoms with Crippen LogP contribution in [0.3, 0.4) is 0 Å². The molecule has 114 valence electrons. The van der Waals surface area contributed by atoms with Gasteiger partial charge in [-0.05, 0) is 31.2 Å². The van der Waals surface area contributed by atoms with Crippen molar-refractivity contribution >= 4 is 6.03 Å². The number of urea groups is 1. The second-order valence-electron chi connectivity index (χ2n) is 6.20. The molecule has 2 fully saturated rings. The molecule has 1 aromatic rings. The van der Waals surface area contributed by atoms with Crippen molar-refractivity contribution in [2.75, 3.05) is 19.7 Å². The van der Waals surface area contributed by atoms with E-state index in [-0.39, 0.29) is 17.6 Å². The van der Waals surface area contributed by atoms with Crippen LogP contribution >= 0.6 is 0 Å². The Bertz CT molecular complexity index is 465. The molecule has 3 rings (SSSR count). The van der Waals surface area contributed by atoms with Crippen LogP contribution in [-0.2, 0) is 10.2 Å². The van der Waals surface area contributed by atoms with E-state index in [0.717, 1.165) is 32.3 Å². The highest BCUT2D eigenvalue weighted by atomic mass is 16.5. The van der Waals surface area contributed by atoms with Crippen molar-refractivity contribution in [1.29, 1.82) is 0 Å². The van der Waals surface area contributed by atoms with Gasteiger partial charge in [0.05, 0.1) is 6.10 Å². The van der Waals surface area contributed by atoms with Crippen LogP contribution in [0, 0.1) is 0 Å². The van der Waals surface area contributed by atoms with E-state index in [0.29, 0.717) is 13.1 Å². The van der Waals surface area contributed by atoms with Gasteiger partial charge >= 0.3 is 6.03 Å². The Kier molecular flexibility index (Phi) is 4.44. The van der Waals surface area contributed by atoms with Crippen LogP contribution in [0.4, 0.5) is 4.79 Å². The fourth-order valence-electron chi connectivity index (χ4n) is 3.29. The smallest absolute Gasteiger partial charge is 0.314 e. The third-order valence-corrected chi connectivity index (χ3v) is 4.80. The Morgan fingerprint density at radius 1 is 1.19 bits per heavy atom. The van der Waals surface area contributed by atoms with Crippen LogP contribution in [0.2, 0.25) is 0 Å². The summed E-state index contributed by atoms with van der Waals surface area (Å²) in [6, 6.07) is 10.5. The Morgan fingerprint density at radius 3 is 2.62 bits per heavy atom. The number of hydrogen-bond donors (Lipinski definition) is 2. The second kappa shape index (κ2) is 6.48. The molecular formula is C17H24N2O2. The predicted molar refractivity (Wildman–Crippen MR) is 82.3 cm³/mol. The van der Waals surface area contributed by atoms with Gasteiger partial charge in [-0.2, -0.15) is 0 Å². The van der Waals surface area contributed by atoms with Crippen LogP contribution < -0.4 is 10.6 Å². The zero-order valence-electron chi connectivity index (χ0n) is 12.4. The van der Waals surface area contributed by atoms with Crippen LogP contribution in [0.25, 0.3) is 0 Å². The van der Waals surface area contributed by atoms with Crippen molar-refractivity contribution < 1.29 is 9.53 Å². The average Bonchev–Trinajstić information content (AvgIpc) is 2.98. The maximum absolute atomic E-state index is 11.9. The van der Waals surface area contributed by atoms with Gasteiger partial charge in [0, 0.05) is 25.1 Å². The van der Waals surface area contributed by atoms with E-state index >= 15 is 0 Å². The van der Waals surface area contributed by atoms with Crippen LogP contribution in [0.1, 0.15) is 37.7 Å². The fourth-order valence-corrected chi connectivity index (χ4v) is 3.29. The van der Waals surface area contributed by atoms with Crippen molar-refractivity contribution in [2.24, 2.45) is 0 Å². The van der Waals surface area contributed by atoms with Gasteiger partial charge in [-0.3, -0.25) is 0 Å². The first-order valence-electron chi connectivity index (χ1n) is 7.97. The summed E-state index contributed by atoms with van der Waals surface area (Å²) in [4.78, 5) is 11.9. The van der Waals surface area contributed by atoms with Crippen LogP contribution in [0.15, 0.2) is 30.3 Å². The summed E-state index contributed by atoms with van der Waals surface area (Å²) >= 11 is 0. The molecule has 1 atom stereocenters. The molecule has 0 spiro atoms. The van der Waals surface area contributed by atoms with Gasteiger partial charge in [0.1, 0.15) is 0 Å². The fraction of sp³-hybridized carbons (Fsp3) is 0.588. The van der Waals surface area contributed by atoms with E-state index in [2.05, 4.69) is 34.9 Å². The lowest BCUT2D eigenvalue weighted by atomic mass is 9.64. The number of nitrogens with one attached hydrogen (secondary N) is 2. The monoisotopic (exact) mass is 288 g/mol. The minimum Gasteiger partial charge on any atom is -0.376 e. The maximum Gasteiger partial charge on any atom is 0.314 e. The van der Waals surface area contributed by atoms with E-state index in [4.69, 9.17) is 4.74 Å². The normalized spacial score (nSPS) is 23.3. The van der Waals surface area contributed by atoms with Crippen molar-refractivity contribution in [3.63, 3.8) is 0 Å². The number of carbonyl (C=O) groups is 1. The first kappa shape index (κ1) is 14.4. The number of carbonyl (C=O) groups excluding carboxylic acids is 1. The zero-order valence-corrected chi connectivity index (χ0v) is 12.4. The lowest BCUT2D eigenvalue weighted by Gasteiger charge is -2.42. The van der Waals surface area contributed by atoms with E-state index in [9.17, 15) is 4.79 Å². The number of ether oxygens (including phenoxy) is 1. The molecule has 1 aliphatic carbocycles. The van der Waals surface area contributed by atoms with Crippen LogP contribution in [-0.4, -0.2) is 31.8 Å². The molecule has 2 amide bonds. The van der Waals surface area contributed by atoms with Gasteiger partial charge in [-0.1, -0.05) is 36.8 Å². The zero-order chi connectivity index (χ0) is 14.5. The molecule has 4 nitrogen and oxygen atoms in total. The van der Waals surface area contributed by atoms with Gasteiger partial charge in [0.25, 0.3) is 0 Å². The summed E-state index contributed by atoms with van der Waals surface area (Å²) in [7, 11) is 0. The highest BCUT2D eigenvalue weighted by Crippen LogP contribution is 2.43. The largest absolute Gasteiger partial charge is 0.376 e. The summed E-state index contributed by atoms with van der Waals surface area (Å²) < 4.78 is 5.51. The molecule has 0 bridgehead atoms. The summed E-state index contributed by atoms with van der Waals surface area (Å²) in [6.45, 7) is 2.16. The number of amides is 2. The predicted octanol–water partition coefficient (Wildman–Crippen LogP) is 2.59. The standard InChI is InChI=1S/C17H24N2O2/c20-16(18-12-15-8-4-11-21-15)19-13-17(9-5-10-17)14-6-2-1-3-7-14/h1-3,6-7,15H,4-5,8-13H2,(H2,18,19,20). The van der Waals surface area contributed by atoms with Crippen molar-refractivity contribution in [3.05, 3.63) is 35.9 Å². The van der Waals surface area contributed by atoms with Crippen molar-refractivity contribution in [1.82, 2.24) is 10.6 Å². The van der Waals surface area contributed by atoms with Gasteiger partial charge in [-0.25, -0.2) is 4.79 Å². The minimum absolute atomic E-state index is 0.0762. The maximum atomic E-state index is 11.9. The average molecular weight is 288 g/mol. The summed E-state index contributed by atoms with van der Waals surface area (Å²) in [5, 5.41) is 5.96. The van der Waals surface area contributed by atoms with E-state index in [1.807, 2.05) is 6.07 Å². The summed E-state index contributed by atoms with van der Waals surface area (Å²) in [5.74, 6) is 0. The first-order valence-corrected chi connectivity index (χ1v) is 7.97. The van der Waals surface area contributed by atoms with E-state index < -0.39 is 0 Å². The topological polar surface area (TPSA) is 50.4 Å². The van der Waals surface area contributed by atoms with E-state index in [1.165, 1.54) is 12.0 Å². The quantitative estimate of drug-likeness (QED) is 0.875. The van der Waals surface area contributed by atoms with E-state index in [1.54, 1.807) is 0 Å². The molecule has 1 saturated carbocycles. The molecule has 0 radical (unpaired) electrons. The molecule has 1 saturated heterocycles. The number of benzene rings is 1. The SMILES string of the molecule is O=C(NCC1CCCO1)NCC1(c2ccccc2)CCC1. The second-order valence-corrected chi connectivity index (χ2v) is 6.20. The Hall–Kier alpha value is -1.55. The third kappa shape index (κ3) is 3.38. The molecule has 4 heteroatoms. The summed E-state index contributed by atoms with van der Waals surface area (Å²) in [5.41, 5.74) is 1.48. The number of hydrogen-bond acceptors (Lipinski definition) is 2. The Morgan fingerprint density at radius 2 is 2.00 bits per heavy atom. The Balaban J connectivity index is 1.48. The highest BCUT2D eigenvalue weighted by Gasteiger charge is 2.38. The van der Waals surface area contributed by atoms with Crippen molar-refractivity contribution in [3.8, 4) is 0 Å². The molecule has 1 aromatic carbocycles. The molecule has 21 heavy (non-hydrogen) atoms. The van der Waals surface area contributed by atoms with Crippen LogP contribution in [0.5, 0.6) is 0 Å². The Labute approximate surface area is 126 Å². The lowest BCUT2D eigenvalue weighted by molar-refractivity contribution is 0.111. The molecular weight excluding hydrogens is 264 g/mol. The molecule has 1 unspecified atom stereocenters. The van der Waals surface area contributed by atoms with Gasteiger partial charge in [-0.15, -0.1) is 0 Å². The third-order valence-electron chi connectivity index (χ3n) is 4.80. The molecule has 0 aromatic heterocycles. The summed E-state index contributed by atoms with van der Waals surface area (Å²) in [6.07, 6.45) is 5.90. The van der Waals surface area contributed by atoms with Gasteiger partial charge in [0.2, 0.25) is 0 Å². The molecule has 1 aliphatic heterocycles. The van der Waals surface area contributed by atoms with Crippen molar-refractivity contribution in [2.45, 2.75) is 43.6 Å². The van der Waals surface area contributed by atoms with Gasteiger partial charge in [0.15, 0.2) is 0 Å². The minimum atomic E-state index is -0.0762. The molecule has 2 N–H and O–H groups in total. The number of rotatable bonds is 5. The molecule has 1 heterocycles.